The van der Waals surface area contributed by atoms with Gasteiger partial charge in [0.05, 0.1) is 0 Å². The van der Waals surface area contributed by atoms with Crippen LogP contribution in [-0.4, -0.2) is 4.98 Å². The van der Waals surface area contributed by atoms with Crippen molar-refractivity contribution in [2.75, 3.05) is 0 Å². The minimum atomic E-state index is -0.113. The first-order valence-corrected chi connectivity index (χ1v) is 5.52. The average Bonchev–Trinajstić information content (AvgIpc) is 2.99. The van der Waals surface area contributed by atoms with E-state index in [1.807, 2.05) is 25.1 Å². The molecule has 82 valence electrons. The number of aromatic amines is 1. The van der Waals surface area contributed by atoms with Gasteiger partial charge in [-0.25, -0.2) is 0 Å². The van der Waals surface area contributed by atoms with Crippen LogP contribution in [0.2, 0.25) is 0 Å². The van der Waals surface area contributed by atoms with Crippen LogP contribution in [0.15, 0.2) is 29.1 Å². The molecule has 0 aliphatic heterocycles. The fourth-order valence-corrected chi connectivity index (χ4v) is 2.05. The van der Waals surface area contributed by atoms with Crippen molar-refractivity contribution >= 4 is 10.9 Å². The Labute approximate surface area is 93.3 Å². The van der Waals surface area contributed by atoms with Crippen molar-refractivity contribution in [2.24, 2.45) is 5.73 Å². The molecular weight excluding hydrogens is 200 g/mol. The van der Waals surface area contributed by atoms with Gasteiger partial charge in [0, 0.05) is 16.6 Å². The van der Waals surface area contributed by atoms with E-state index in [9.17, 15) is 4.79 Å². The summed E-state index contributed by atoms with van der Waals surface area (Å²) in [6.07, 6.45) is 2.11. The van der Waals surface area contributed by atoms with Gasteiger partial charge in [0.25, 0.3) is 5.56 Å². The van der Waals surface area contributed by atoms with Crippen LogP contribution >= 0.6 is 0 Å². The lowest BCUT2D eigenvalue weighted by molar-refractivity contribution is 0.741. The Kier molecular flexibility index (Phi) is 1.77. The second kappa shape index (κ2) is 2.95. The van der Waals surface area contributed by atoms with Crippen LogP contribution in [0.25, 0.3) is 10.9 Å². The predicted molar refractivity (Wildman–Crippen MR) is 64.4 cm³/mol. The van der Waals surface area contributed by atoms with Crippen molar-refractivity contribution in [2.45, 2.75) is 25.3 Å². The third kappa shape index (κ3) is 1.36. The van der Waals surface area contributed by atoms with E-state index in [0.717, 1.165) is 29.3 Å². The van der Waals surface area contributed by atoms with Gasteiger partial charge in [-0.1, -0.05) is 6.07 Å². The van der Waals surface area contributed by atoms with Crippen LogP contribution in [0, 0.1) is 6.92 Å². The topological polar surface area (TPSA) is 58.9 Å². The number of pyridine rings is 1. The van der Waals surface area contributed by atoms with Crippen molar-refractivity contribution in [3.05, 3.63) is 45.7 Å². The molecule has 0 saturated heterocycles. The molecule has 1 saturated carbocycles. The Morgan fingerprint density at radius 3 is 2.75 bits per heavy atom. The minimum Gasteiger partial charge on any atom is -0.322 e. The summed E-state index contributed by atoms with van der Waals surface area (Å²) in [6.45, 7) is 1.82. The molecular formula is C13H14N2O. The van der Waals surface area contributed by atoms with Gasteiger partial charge in [-0.15, -0.1) is 0 Å². The summed E-state index contributed by atoms with van der Waals surface area (Å²) in [7, 11) is 0. The smallest absolute Gasteiger partial charge is 0.251 e. The highest BCUT2D eigenvalue weighted by Crippen LogP contribution is 2.43. The van der Waals surface area contributed by atoms with E-state index in [1.165, 1.54) is 5.56 Å². The largest absolute Gasteiger partial charge is 0.322 e. The summed E-state index contributed by atoms with van der Waals surface area (Å²) in [5.74, 6) is 0. The highest BCUT2D eigenvalue weighted by Gasteiger charge is 2.39. The van der Waals surface area contributed by atoms with E-state index < -0.39 is 0 Å². The number of rotatable bonds is 1. The van der Waals surface area contributed by atoms with Crippen molar-refractivity contribution in [3.63, 3.8) is 0 Å². The normalized spacial score (nSPS) is 17.6. The quantitative estimate of drug-likeness (QED) is 0.760. The fraction of sp³-hybridized carbons (Fsp3) is 0.308. The van der Waals surface area contributed by atoms with E-state index >= 15 is 0 Å². The SMILES string of the molecule is Cc1cc2cc(C3(N)CC3)ccc2[nH]c1=O. The molecule has 0 bridgehead atoms. The van der Waals surface area contributed by atoms with E-state index in [1.54, 1.807) is 0 Å². The van der Waals surface area contributed by atoms with E-state index in [-0.39, 0.29) is 11.1 Å². The van der Waals surface area contributed by atoms with E-state index in [2.05, 4.69) is 11.1 Å². The number of hydrogen-bond acceptors (Lipinski definition) is 2. The number of hydrogen-bond donors (Lipinski definition) is 2. The molecule has 3 nitrogen and oxygen atoms in total. The van der Waals surface area contributed by atoms with Crippen LogP contribution in [-0.2, 0) is 5.54 Å². The van der Waals surface area contributed by atoms with Gasteiger partial charge in [-0.3, -0.25) is 4.79 Å². The van der Waals surface area contributed by atoms with Crippen molar-refractivity contribution in [1.29, 1.82) is 0 Å². The average molecular weight is 214 g/mol. The van der Waals surface area contributed by atoms with Gasteiger partial charge in [-0.05, 0) is 48.9 Å². The summed E-state index contributed by atoms with van der Waals surface area (Å²) in [5, 5.41) is 1.06. The zero-order chi connectivity index (χ0) is 11.3. The number of benzene rings is 1. The van der Waals surface area contributed by atoms with Crippen LogP contribution in [0.1, 0.15) is 24.0 Å². The number of nitrogens with two attached hydrogens (primary N) is 1. The summed E-state index contributed by atoms with van der Waals surface area (Å²) < 4.78 is 0. The van der Waals surface area contributed by atoms with Crippen LogP contribution in [0.4, 0.5) is 0 Å². The molecule has 1 aliphatic carbocycles. The van der Waals surface area contributed by atoms with Gasteiger partial charge in [0.2, 0.25) is 0 Å². The molecule has 2 aromatic rings. The highest BCUT2D eigenvalue weighted by atomic mass is 16.1. The maximum Gasteiger partial charge on any atom is 0.251 e. The second-order valence-electron chi connectivity index (χ2n) is 4.74. The Balaban J connectivity index is 2.25. The Morgan fingerprint density at radius 2 is 2.06 bits per heavy atom. The standard InChI is InChI=1S/C13H14N2O/c1-8-6-9-7-10(13(14)4-5-13)2-3-11(9)15-12(8)16/h2-3,6-7H,4-5,14H2,1H3,(H,15,16). The molecule has 1 heterocycles. The lowest BCUT2D eigenvalue weighted by atomic mass is 10.0. The maximum atomic E-state index is 11.4. The minimum absolute atomic E-state index is 0.0193. The van der Waals surface area contributed by atoms with Gasteiger partial charge in [-0.2, -0.15) is 0 Å². The van der Waals surface area contributed by atoms with Crippen LogP contribution < -0.4 is 11.3 Å². The van der Waals surface area contributed by atoms with E-state index in [4.69, 9.17) is 5.73 Å². The Morgan fingerprint density at radius 1 is 1.31 bits per heavy atom. The summed E-state index contributed by atoms with van der Waals surface area (Å²) in [6, 6.07) is 7.97. The first-order chi connectivity index (χ1) is 7.58. The van der Waals surface area contributed by atoms with Crippen LogP contribution in [0.5, 0.6) is 0 Å². The zero-order valence-corrected chi connectivity index (χ0v) is 9.21. The number of aromatic nitrogens is 1. The molecule has 0 radical (unpaired) electrons. The van der Waals surface area contributed by atoms with Gasteiger partial charge < -0.3 is 10.7 Å². The third-order valence-electron chi connectivity index (χ3n) is 3.39. The van der Waals surface area contributed by atoms with E-state index in [0.29, 0.717) is 0 Å². The van der Waals surface area contributed by atoms with Gasteiger partial charge in [0.15, 0.2) is 0 Å². The molecule has 16 heavy (non-hydrogen) atoms. The highest BCUT2D eigenvalue weighted by molar-refractivity contribution is 5.80. The van der Waals surface area contributed by atoms with Crippen molar-refractivity contribution < 1.29 is 0 Å². The Bertz CT molecular complexity index is 623. The number of nitrogens with one attached hydrogen (secondary N) is 1. The molecule has 0 spiro atoms. The Hall–Kier alpha value is -1.61. The van der Waals surface area contributed by atoms with Crippen molar-refractivity contribution in [3.8, 4) is 0 Å². The molecule has 1 aromatic carbocycles. The second-order valence-corrected chi connectivity index (χ2v) is 4.74. The van der Waals surface area contributed by atoms with Gasteiger partial charge >= 0.3 is 0 Å². The molecule has 0 atom stereocenters. The predicted octanol–water partition coefficient (Wildman–Crippen LogP) is 1.78. The van der Waals surface area contributed by atoms with Crippen molar-refractivity contribution in [1.82, 2.24) is 4.98 Å². The zero-order valence-electron chi connectivity index (χ0n) is 9.21. The summed E-state index contributed by atoms with van der Waals surface area (Å²) in [5.41, 5.74) is 8.82. The molecule has 3 rings (SSSR count). The van der Waals surface area contributed by atoms with Crippen LogP contribution in [0.3, 0.4) is 0 Å². The molecule has 3 N–H and O–H groups in total. The fourth-order valence-electron chi connectivity index (χ4n) is 2.05. The summed E-state index contributed by atoms with van der Waals surface area (Å²) >= 11 is 0. The maximum absolute atomic E-state index is 11.4. The summed E-state index contributed by atoms with van der Waals surface area (Å²) in [4.78, 5) is 14.3. The number of fused-ring (bicyclic) bond motifs is 1. The first kappa shape index (κ1) is 9.60. The molecule has 1 aliphatic rings. The first-order valence-electron chi connectivity index (χ1n) is 5.52. The molecule has 0 amide bonds. The number of aryl methyl sites for hydroxylation is 1. The lowest BCUT2D eigenvalue weighted by Gasteiger charge is -2.10. The lowest BCUT2D eigenvalue weighted by Crippen LogP contribution is -2.18. The third-order valence-corrected chi connectivity index (χ3v) is 3.39. The molecule has 3 heteroatoms. The molecule has 1 aromatic heterocycles. The molecule has 0 unspecified atom stereocenters. The monoisotopic (exact) mass is 214 g/mol. The number of H-pyrrole nitrogens is 1. The van der Waals surface area contributed by atoms with Gasteiger partial charge in [0.1, 0.15) is 0 Å². The molecule has 1 fully saturated rings.